The number of carbonyl (C=O) groups is 1. The number of hydrogen-bond acceptors (Lipinski definition) is 2. The first-order chi connectivity index (χ1) is 9.08. The van der Waals surface area contributed by atoms with Gasteiger partial charge in [0, 0.05) is 10.4 Å². The van der Waals surface area contributed by atoms with Crippen molar-refractivity contribution < 1.29 is 4.79 Å². The fraction of sp³-hybridized carbons (Fsp3) is 0.533. The molecule has 3 rings (SSSR count). The van der Waals surface area contributed by atoms with E-state index in [2.05, 4.69) is 21.2 Å². The van der Waals surface area contributed by atoms with Gasteiger partial charge in [-0.3, -0.25) is 4.79 Å². The molecule has 2 aliphatic rings. The van der Waals surface area contributed by atoms with Gasteiger partial charge in [-0.2, -0.15) is 0 Å². The van der Waals surface area contributed by atoms with Crippen LogP contribution in [0.2, 0.25) is 0 Å². The molecule has 1 aromatic rings. The van der Waals surface area contributed by atoms with Crippen molar-refractivity contribution >= 4 is 33.2 Å². The molecule has 2 saturated carbocycles. The van der Waals surface area contributed by atoms with E-state index in [9.17, 15) is 4.79 Å². The Bertz CT molecular complexity index is 494. The number of carbonyl (C=O) groups excluding carboxylic acids is 1. The van der Waals surface area contributed by atoms with Gasteiger partial charge in [0.25, 0.3) is 0 Å². The lowest BCUT2D eigenvalue weighted by molar-refractivity contribution is -0.117. The smallest absolute Gasteiger partial charge is 0.228 e. The molecule has 2 unspecified atom stereocenters. The molecule has 2 aliphatic carbocycles. The molecule has 3 N–H and O–H groups in total. The van der Waals surface area contributed by atoms with E-state index in [0.29, 0.717) is 17.5 Å². The van der Waals surface area contributed by atoms with Gasteiger partial charge in [0.2, 0.25) is 5.91 Å². The molecule has 1 aromatic carbocycles. The highest BCUT2D eigenvalue weighted by molar-refractivity contribution is 9.10. The molecule has 0 bridgehead atoms. The van der Waals surface area contributed by atoms with Crippen LogP contribution in [-0.2, 0) is 4.79 Å². The number of aryl methyl sites for hydroxylation is 1. The lowest BCUT2D eigenvalue weighted by atomic mass is 10.0. The third-order valence-electron chi connectivity index (χ3n) is 4.47. The van der Waals surface area contributed by atoms with Crippen LogP contribution in [0.25, 0.3) is 0 Å². The summed E-state index contributed by atoms with van der Waals surface area (Å²) in [7, 11) is 0. The maximum atomic E-state index is 12.3. The average molecular weight is 323 g/mol. The molecule has 0 heterocycles. The first kappa shape index (κ1) is 13.0. The van der Waals surface area contributed by atoms with Crippen LogP contribution >= 0.6 is 15.9 Å². The standard InChI is InChI=1S/C15H19BrN2O/c1-8-6-11(16)14(12(17)7-8)18-15(19)13-9-4-2-3-5-10(9)13/h6-7,9-10,13H,2-5,17H2,1H3,(H,18,19). The summed E-state index contributed by atoms with van der Waals surface area (Å²) >= 11 is 3.48. The molecule has 19 heavy (non-hydrogen) atoms. The quantitative estimate of drug-likeness (QED) is 0.815. The monoisotopic (exact) mass is 322 g/mol. The molecular formula is C15H19BrN2O. The lowest BCUT2D eigenvalue weighted by Crippen LogP contribution is -2.17. The number of nitrogens with one attached hydrogen (secondary N) is 1. The van der Waals surface area contributed by atoms with E-state index in [-0.39, 0.29) is 11.8 Å². The summed E-state index contributed by atoms with van der Waals surface area (Å²) in [5, 5.41) is 3.01. The maximum absolute atomic E-state index is 12.3. The van der Waals surface area contributed by atoms with E-state index in [1.54, 1.807) is 0 Å². The number of halogens is 1. The number of nitrogens with two attached hydrogens (primary N) is 1. The number of amides is 1. The lowest BCUT2D eigenvalue weighted by Gasteiger charge is -2.11. The van der Waals surface area contributed by atoms with Crippen LogP contribution in [-0.4, -0.2) is 5.91 Å². The molecular weight excluding hydrogens is 304 g/mol. The van der Waals surface area contributed by atoms with Crippen LogP contribution < -0.4 is 11.1 Å². The van der Waals surface area contributed by atoms with Gasteiger partial charge in [0.1, 0.15) is 0 Å². The normalized spacial score (nSPS) is 28.6. The van der Waals surface area contributed by atoms with Crippen molar-refractivity contribution in [2.45, 2.75) is 32.6 Å². The number of nitrogen functional groups attached to an aromatic ring is 1. The minimum absolute atomic E-state index is 0.146. The average Bonchev–Trinajstić information content (AvgIpc) is 3.07. The fourth-order valence-corrected chi connectivity index (χ4v) is 4.18. The van der Waals surface area contributed by atoms with Crippen LogP contribution in [0.15, 0.2) is 16.6 Å². The van der Waals surface area contributed by atoms with Gasteiger partial charge >= 0.3 is 0 Å². The first-order valence-corrected chi connectivity index (χ1v) is 7.73. The van der Waals surface area contributed by atoms with E-state index in [1.165, 1.54) is 25.7 Å². The number of fused-ring (bicyclic) bond motifs is 1. The fourth-order valence-electron chi connectivity index (χ4n) is 3.49. The van der Waals surface area contributed by atoms with E-state index in [4.69, 9.17) is 5.73 Å². The summed E-state index contributed by atoms with van der Waals surface area (Å²) in [6.07, 6.45) is 4.99. The Morgan fingerprint density at radius 2 is 1.95 bits per heavy atom. The van der Waals surface area contributed by atoms with E-state index >= 15 is 0 Å². The third-order valence-corrected chi connectivity index (χ3v) is 5.10. The highest BCUT2D eigenvalue weighted by Crippen LogP contribution is 2.55. The van der Waals surface area contributed by atoms with Crippen LogP contribution in [0, 0.1) is 24.7 Å². The van der Waals surface area contributed by atoms with Crippen LogP contribution in [0.5, 0.6) is 0 Å². The molecule has 0 radical (unpaired) electrons. The number of benzene rings is 1. The number of anilines is 2. The molecule has 0 aromatic heterocycles. The van der Waals surface area contributed by atoms with Crippen molar-refractivity contribution in [1.29, 1.82) is 0 Å². The molecule has 0 aliphatic heterocycles. The van der Waals surface area contributed by atoms with Gasteiger partial charge in [0.05, 0.1) is 11.4 Å². The molecule has 0 spiro atoms. The zero-order chi connectivity index (χ0) is 13.6. The van der Waals surface area contributed by atoms with E-state index in [1.807, 2.05) is 19.1 Å². The predicted molar refractivity (Wildman–Crippen MR) is 80.9 cm³/mol. The Morgan fingerprint density at radius 3 is 2.53 bits per heavy atom. The molecule has 2 atom stereocenters. The van der Waals surface area contributed by atoms with Crippen molar-refractivity contribution in [1.82, 2.24) is 0 Å². The number of hydrogen-bond donors (Lipinski definition) is 2. The van der Waals surface area contributed by atoms with Gasteiger partial charge in [0.15, 0.2) is 0 Å². The van der Waals surface area contributed by atoms with Crippen molar-refractivity contribution in [3.63, 3.8) is 0 Å². The van der Waals surface area contributed by atoms with E-state index in [0.717, 1.165) is 15.7 Å². The molecule has 3 nitrogen and oxygen atoms in total. The van der Waals surface area contributed by atoms with Crippen molar-refractivity contribution in [2.24, 2.45) is 17.8 Å². The third kappa shape index (κ3) is 2.38. The zero-order valence-corrected chi connectivity index (χ0v) is 12.7. The van der Waals surface area contributed by atoms with Gasteiger partial charge in [-0.05, 0) is 65.2 Å². The summed E-state index contributed by atoms with van der Waals surface area (Å²) < 4.78 is 0.863. The molecule has 4 heteroatoms. The highest BCUT2D eigenvalue weighted by atomic mass is 79.9. The second kappa shape index (κ2) is 4.82. The van der Waals surface area contributed by atoms with Crippen molar-refractivity contribution in [3.05, 3.63) is 22.2 Å². The molecule has 0 saturated heterocycles. The second-order valence-corrected chi connectivity index (χ2v) is 6.69. The van der Waals surface area contributed by atoms with Crippen LogP contribution in [0.3, 0.4) is 0 Å². The summed E-state index contributed by atoms with van der Waals surface area (Å²) in [6, 6.07) is 3.87. The van der Waals surface area contributed by atoms with Crippen LogP contribution in [0.1, 0.15) is 31.2 Å². The molecule has 1 amide bonds. The Kier molecular flexibility index (Phi) is 3.29. The van der Waals surface area contributed by atoms with Gasteiger partial charge in [-0.25, -0.2) is 0 Å². The summed E-state index contributed by atoms with van der Waals surface area (Å²) in [4.78, 5) is 12.3. The highest BCUT2D eigenvalue weighted by Gasteiger charge is 2.54. The molecule has 102 valence electrons. The van der Waals surface area contributed by atoms with Gasteiger partial charge in [-0.1, -0.05) is 12.8 Å². The summed E-state index contributed by atoms with van der Waals surface area (Å²) in [5.74, 6) is 1.61. The topological polar surface area (TPSA) is 55.1 Å². The van der Waals surface area contributed by atoms with E-state index < -0.39 is 0 Å². The zero-order valence-electron chi connectivity index (χ0n) is 11.1. The minimum Gasteiger partial charge on any atom is -0.397 e. The largest absolute Gasteiger partial charge is 0.397 e. The Labute approximate surface area is 122 Å². The summed E-state index contributed by atoms with van der Waals surface area (Å²) in [6.45, 7) is 1.99. The minimum atomic E-state index is 0.146. The number of rotatable bonds is 2. The Balaban J connectivity index is 1.74. The SMILES string of the molecule is Cc1cc(N)c(NC(=O)C2C3CCCCC32)c(Br)c1. The Morgan fingerprint density at radius 1 is 1.32 bits per heavy atom. The van der Waals surface area contributed by atoms with Gasteiger partial charge < -0.3 is 11.1 Å². The first-order valence-electron chi connectivity index (χ1n) is 6.94. The maximum Gasteiger partial charge on any atom is 0.228 e. The van der Waals surface area contributed by atoms with Crippen LogP contribution in [0.4, 0.5) is 11.4 Å². The predicted octanol–water partition coefficient (Wildman–Crippen LogP) is 3.71. The molecule has 2 fully saturated rings. The second-order valence-electron chi connectivity index (χ2n) is 5.84. The summed E-state index contributed by atoms with van der Waals surface area (Å²) in [5.41, 5.74) is 8.43. The Hall–Kier alpha value is -1.03. The van der Waals surface area contributed by atoms with Crippen molar-refractivity contribution in [2.75, 3.05) is 11.1 Å². The van der Waals surface area contributed by atoms with Gasteiger partial charge in [-0.15, -0.1) is 0 Å². The van der Waals surface area contributed by atoms with Crippen molar-refractivity contribution in [3.8, 4) is 0 Å².